The van der Waals surface area contributed by atoms with Gasteiger partial charge in [0.1, 0.15) is 0 Å². The molecule has 7 nitrogen and oxygen atoms in total. The molecule has 1 aliphatic rings. The predicted octanol–water partition coefficient (Wildman–Crippen LogP) is 5.16. The van der Waals surface area contributed by atoms with Gasteiger partial charge in [-0.3, -0.25) is 9.59 Å². The molecule has 0 bridgehead atoms. The number of anilines is 2. The number of carbonyl (C=O) groups excluding carboxylic acids is 2. The molecule has 2 heterocycles. The Morgan fingerprint density at radius 3 is 2.56 bits per heavy atom. The van der Waals surface area contributed by atoms with E-state index in [2.05, 4.69) is 15.5 Å². The lowest BCUT2D eigenvalue weighted by atomic mass is 10.1. The second-order valence-electron chi connectivity index (χ2n) is 7.98. The number of aromatic nitrogens is 2. The van der Waals surface area contributed by atoms with Crippen LogP contribution in [0.4, 0.5) is 11.4 Å². The summed E-state index contributed by atoms with van der Waals surface area (Å²) >= 11 is 5.90. The van der Waals surface area contributed by atoms with Crippen LogP contribution in [0.1, 0.15) is 28.2 Å². The number of fused-ring (bicyclic) bond motifs is 1. The second-order valence-corrected chi connectivity index (χ2v) is 8.42. The summed E-state index contributed by atoms with van der Waals surface area (Å²) in [6.45, 7) is 0.673. The summed E-state index contributed by atoms with van der Waals surface area (Å²) in [6.07, 6.45) is 1.36. The molecule has 0 atom stereocenters. The number of benzene rings is 3. The molecule has 0 spiro atoms. The van der Waals surface area contributed by atoms with Crippen LogP contribution in [0, 0.1) is 0 Å². The average Bonchev–Trinajstić information content (AvgIpc) is 3.51. The molecular weight excluding hydrogens is 452 g/mol. The van der Waals surface area contributed by atoms with Gasteiger partial charge in [0.25, 0.3) is 5.91 Å². The van der Waals surface area contributed by atoms with Crippen LogP contribution in [-0.2, 0) is 17.6 Å². The molecule has 34 heavy (non-hydrogen) atoms. The molecule has 0 saturated carbocycles. The van der Waals surface area contributed by atoms with Gasteiger partial charge < -0.3 is 14.7 Å². The first-order chi connectivity index (χ1) is 16.6. The van der Waals surface area contributed by atoms with Gasteiger partial charge in [0, 0.05) is 46.9 Å². The van der Waals surface area contributed by atoms with Crippen molar-refractivity contribution in [1.82, 2.24) is 10.1 Å². The minimum Gasteiger partial charge on any atom is -0.339 e. The zero-order chi connectivity index (χ0) is 23.5. The summed E-state index contributed by atoms with van der Waals surface area (Å²) in [7, 11) is 0. The standard InChI is InChI=1S/C26H21ClN4O3/c27-20-9-5-18(6-10-20)25-29-24(34-30-25)14-13-23(32)28-21-11-7-19(8-12-21)26(33)31-16-15-17-3-1-2-4-22(17)31/h1-12H,13-16H2,(H,28,32). The van der Waals surface area contributed by atoms with Crippen LogP contribution >= 0.6 is 11.6 Å². The molecule has 4 aromatic rings. The number of nitrogens with one attached hydrogen (secondary N) is 1. The van der Waals surface area contributed by atoms with Gasteiger partial charge in [-0.05, 0) is 66.6 Å². The molecule has 3 aromatic carbocycles. The molecule has 2 amide bonds. The van der Waals surface area contributed by atoms with E-state index in [-0.39, 0.29) is 18.2 Å². The normalized spacial score (nSPS) is 12.4. The first-order valence-electron chi connectivity index (χ1n) is 10.9. The van der Waals surface area contributed by atoms with Crippen LogP contribution < -0.4 is 10.2 Å². The van der Waals surface area contributed by atoms with Gasteiger partial charge in [-0.15, -0.1) is 0 Å². The summed E-state index contributed by atoms with van der Waals surface area (Å²) in [5.74, 6) is 0.606. The Bertz CT molecular complexity index is 1330. The van der Waals surface area contributed by atoms with Crippen molar-refractivity contribution >= 4 is 34.8 Å². The molecule has 0 unspecified atom stereocenters. The number of carbonyl (C=O) groups is 2. The highest BCUT2D eigenvalue weighted by molar-refractivity contribution is 6.30. The van der Waals surface area contributed by atoms with Gasteiger partial charge in [-0.1, -0.05) is 35.0 Å². The molecule has 1 aliphatic heterocycles. The molecule has 1 N–H and O–H groups in total. The van der Waals surface area contributed by atoms with Crippen molar-refractivity contribution in [3.8, 4) is 11.4 Å². The van der Waals surface area contributed by atoms with E-state index in [0.29, 0.717) is 41.0 Å². The van der Waals surface area contributed by atoms with Crippen LogP contribution in [0.5, 0.6) is 0 Å². The second kappa shape index (κ2) is 9.49. The van der Waals surface area contributed by atoms with Crippen molar-refractivity contribution in [1.29, 1.82) is 0 Å². The first kappa shape index (κ1) is 21.9. The summed E-state index contributed by atoms with van der Waals surface area (Å²) in [4.78, 5) is 31.4. The molecule has 170 valence electrons. The minimum absolute atomic E-state index is 0.0456. The van der Waals surface area contributed by atoms with Gasteiger partial charge in [0.2, 0.25) is 17.6 Å². The summed E-state index contributed by atoms with van der Waals surface area (Å²) in [5, 5.41) is 7.42. The Hall–Kier alpha value is -3.97. The number of para-hydroxylation sites is 1. The quantitative estimate of drug-likeness (QED) is 0.418. The molecular formula is C26H21ClN4O3. The fourth-order valence-corrected chi connectivity index (χ4v) is 4.04. The maximum atomic E-state index is 12.9. The number of aryl methyl sites for hydroxylation is 1. The third-order valence-electron chi connectivity index (χ3n) is 5.68. The molecule has 0 saturated heterocycles. The highest BCUT2D eigenvalue weighted by Gasteiger charge is 2.25. The summed E-state index contributed by atoms with van der Waals surface area (Å²) in [5.41, 5.74) is 4.13. The van der Waals surface area contributed by atoms with Crippen molar-refractivity contribution in [3.05, 3.63) is 94.8 Å². The zero-order valence-corrected chi connectivity index (χ0v) is 19.0. The lowest BCUT2D eigenvalue weighted by Crippen LogP contribution is -2.28. The number of nitrogens with zero attached hydrogens (tertiary/aromatic N) is 3. The lowest BCUT2D eigenvalue weighted by Gasteiger charge is -2.17. The van der Waals surface area contributed by atoms with Gasteiger partial charge in [0.15, 0.2) is 0 Å². The van der Waals surface area contributed by atoms with E-state index in [4.69, 9.17) is 16.1 Å². The average molecular weight is 473 g/mol. The lowest BCUT2D eigenvalue weighted by molar-refractivity contribution is -0.116. The Kier molecular flexibility index (Phi) is 6.10. The third kappa shape index (κ3) is 4.70. The number of hydrogen-bond acceptors (Lipinski definition) is 5. The van der Waals surface area contributed by atoms with Gasteiger partial charge in [-0.25, -0.2) is 0 Å². The number of halogens is 1. The summed E-state index contributed by atoms with van der Waals surface area (Å²) < 4.78 is 5.25. The van der Waals surface area contributed by atoms with Gasteiger partial charge in [0.05, 0.1) is 0 Å². The van der Waals surface area contributed by atoms with E-state index >= 15 is 0 Å². The number of rotatable bonds is 6. The highest BCUT2D eigenvalue weighted by Crippen LogP contribution is 2.29. The minimum atomic E-state index is -0.182. The first-order valence-corrected chi connectivity index (χ1v) is 11.3. The van der Waals surface area contributed by atoms with E-state index < -0.39 is 0 Å². The molecule has 0 radical (unpaired) electrons. The fraction of sp³-hybridized carbons (Fsp3) is 0.154. The third-order valence-corrected chi connectivity index (χ3v) is 5.94. The van der Waals surface area contributed by atoms with Crippen LogP contribution in [-0.4, -0.2) is 28.5 Å². The topological polar surface area (TPSA) is 88.3 Å². The Labute approximate surface area is 201 Å². The monoisotopic (exact) mass is 472 g/mol. The summed E-state index contributed by atoms with van der Waals surface area (Å²) in [6, 6.07) is 22.0. The van der Waals surface area contributed by atoms with Crippen molar-refractivity contribution in [2.45, 2.75) is 19.3 Å². The highest BCUT2D eigenvalue weighted by atomic mass is 35.5. The van der Waals surface area contributed by atoms with Crippen molar-refractivity contribution in [2.75, 3.05) is 16.8 Å². The number of amides is 2. The SMILES string of the molecule is O=C(CCc1nc(-c2ccc(Cl)cc2)no1)Nc1ccc(C(=O)N2CCc3ccccc32)cc1. The van der Waals surface area contributed by atoms with Crippen LogP contribution in [0.25, 0.3) is 11.4 Å². The van der Waals surface area contributed by atoms with Crippen molar-refractivity contribution in [3.63, 3.8) is 0 Å². The largest absolute Gasteiger partial charge is 0.339 e. The van der Waals surface area contributed by atoms with Crippen LogP contribution in [0.15, 0.2) is 77.3 Å². The van der Waals surface area contributed by atoms with E-state index in [9.17, 15) is 9.59 Å². The van der Waals surface area contributed by atoms with Gasteiger partial charge >= 0.3 is 0 Å². The molecule has 0 aliphatic carbocycles. The van der Waals surface area contributed by atoms with E-state index in [1.165, 1.54) is 5.56 Å². The van der Waals surface area contributed by atoms with Crippen molar-refractivity contribution in [2.24, 2.45) is 0 Å². The van der Waals surface area contributed by atoms with Crippen LogP contribution in [0.2, 0.25) is 5.02 Å². The smallest absolute Gasteiger partial charge is 0.258 e. The number of hydrogen-bond donors (Lipinski definition) is 1. The molecule has 0 fully saturated rings. The molecule has 5 rings (SSSR count). The predicted molar refractivity (Wildman–Crippen MR) is 130 cm³/mol. The molecule has 1 aromatic heterocycles. The Balaban J connectivity index is 1.15. The van der Waals surface area contributed by atoms with E-state index in [0.717, 1.165) is 17.7 Å². The van der Waals surface area contributed by atoms with Crippen LogP contribution in [0.3, 0.4) is 0 Å². The maximum Gasteiger partial charge on any atom is 0.258 e. The van der Waals surface area contributed by atoms with Crippen molar-refractivity contribution < 1.29 is 14.1 Å². The van der Waals surface area contributed by atoms with E-state index in [1.54, 1.807) is 53.4 Å². The Morgan fingerprint density at radius 1 is 1.00 bits per heavy atom. The zero-order valence-electron chi connectivity index (χ0n) is 18.2. The van der Waals surface area contributed by atoms with Gasteiger partial charge in [-0.2, -0.15) is 4.98 Å². The van der Waals surface area contributed by atoms with E-state index in [1.807, 2.05) is 24.3 Å². The Morgan fingerprint density at radius 2 is 1.76 bits per heavy atom. The molecule has 8 heteroatoms. The maximum absolute atomic E-state index is 12.9. The fourth-order valence-electron chi connectivity index (χ4n) is 3.92.